The average Bonchev–Trinajstić information content (AvgIpc) is 2.38. The maximum Gasteiger partial charge on any atom is 0.411 e. The summed E-state index contributed by atoms with van der Waals surface area (Å²) in [6.45, 7) is 2.26. The van der Waals surface area contributed by atoms with E-state index in [1.54, 1.807) is 12.1 Å². The van der Waals surface area contributed by atoms with Gasteiger partial charge in [-0.2, -0.15) is 13.2 Å². The minimum Gasteiger partial charge on any atom is -0.496 e. The Hall–Kier alpha value is -1.27. The van der Waals surface area contributed by atoms with E-state index in [1.807, 2.05) is 6.07 Å². The molecule has 0 saturated carbocycles. The van der Waals surface area contributed by atoms with Gasteiger partial charge in [-0.1, -0.05) is 13.0 Å². The molecule has 114 valence electrons. The highest BCUT2D eigenvalue weighted by Crippen LogP contribution is 2.22. The number of ether oxygens (including phenoxy) is 2. The zero-order valence-electron chi connectivity index (χ0n) is 11.7. The Morgan fingerprint density at radius 1 is 1.25 bits per heavy atom. The second-order valence-corrected chi connectivity index (χ2v) is 4.43. The first-order valence-electron chi connectivity index (χ1n) is 6.47. The molecular weight excluding hydrogens is 271 g/mol. The molecule has 1 aromatic rings. The van der Waals surface area contributed by atoms with Gasteiger partial charge in [-0.15, -0.1) is 0 Å². The van der Waals surface area contributed by atoms with E-state index >= 15 is 0 Å². The van der Waals surface area contributed by atoms with Gasteiger partial charge in [0.2, 0.25) is 0 Å². The van der Waals surface area contributed by atoms with Crippen molar-refractivity contribution in [1.82, 2.24) is 5.32 Å². The molecule has 0 amide bonds. The molecule has 1 aromatic carbocycles. The summed E-state index contributed by atoms with van der Waals surface area (Å²) in [7, 11) is 1.48. The Labute approximate surface area is 117 Å². The van der Waals surface area contributed by atoms with Crippen LogP contribution in [0.4, 0.5) is 13.2 Å². The van der Waals surface area contributed by atoms with Crippen molar-refractivity contribution in [3.63, 3.8) is 0 Å². The van der Waals surface area contributed by atoms with Crippen molar-refractivity contribution in [3.05, 3.63) is 29.3 Å². The summed E-state index contributed by atoms with van der Waals surface area (Å²) in [6.07, 6.45) is -3.29. The van der Waals surface area contributed by atoms with Crippen LogP contribution in [0.15, 0.2) is 18.2 Å². The molecule has 0 heterocycles. The number of methoxy groups -OCH3 is 1. The fourth-order valence-corrected chi connectivity index (χ4v) is 1.74. The number of hydrogen-bond acceptors (Lipinski definition) is 3. The lowest BCUT2D eigenvalue weighted by Crippen LogP contribution is -2.17. The lowest BCUT2D eigenvalue weighted by molar-refractivity contribution is -0.176. The van der Waals surface area contributed by atoms with E-state index in [2.05, 4.69) is 17.0 Å². The fourth-order valence-electron chi connectivity index (χ4n) is 1.74. The molecule has 0 radical (unpaired) electrons. The third kappa shape index (κ3) is 6.25. The molecule has 1 rings (SSSR count). The molecule has 0 aliphatic heterocycles. The molecular formula is C14H20F3NO2. The molecule has 0 aliphatic rings. The topological polar surface area (TPSA) is 30.5 Å². The van der Waals surface area contributed by atoms with E-state index in [4.69, 9.17) is 4.74 Å². The molecule has 0 fully saturated rings. The van der Waals surface area contributed by atoms with Crippen LogP contribution in [-0.4, -0.2) is 26.4 Å². The second kappa shape index (κ2) is 8.11. The molecule has 0 unspecified atom stereocenters. The molecule has 0 bridgehead atoms. The van der Waals surface area contributed by atoms with E-state index in [9.17, 15) is 13.2 Å². The van der Waals surface area contributed by atoms with Crippen LogP contribution in [0.2, 0.25) is 0 Å². The van der Waals surface area contributed by atoms with E-state index in [0.29, 0.717) is 17.9 Å². The van der Waals surface area contributed by atoms with Gasteiger partial charge in [-0.25, -0.2) is 0 Å². The molecule has 3 nitrogen and oxygen atoms in total. The van der Waals surface area contributed by atoms with Crippen LogP contribution in [0.5, 0.6) is 5.75 Å². The maximum atomic E-state index is 12.1. The third-order valence-corrected chi connectivity index (χ3v) is 2.62. The number of nitrogens with one attached hydrogen (secondary N) is 1. The molecule has 20 heavy (non-hydrogen) atoms. The minimum atomic E-state index is -4.31. The first kappa shape index (κ1) is 16.8. The lowest BCUT2D eigenvalue weighted by Gasteiger charge is -2.13. The van der Waals surface area contributed by atoms with Gasteiger partial charge in [0.15, 0.2) is 0 Å². The number of benzene rings is 1. The SMILES string of the molecule is CCCNCc1ccc(OC)c(COCC(F)(F)F)c1. The third-order valence-electron chi connectivity index (χ3n) is 2.62. The zero-order chi connectivity index (χ0) is 15.0. The molecule has 0 saturated heterocycles. The Bertz CT molecular complexity index is 408. The summed E-state index contributed by atoms with van der Waals surface area (Å²) >= 11 is 0. The number of halogens is 3. The van der Waals surface area contributed by atoms with Crippen LogP contribution in [0.1, 0.15) is 24.5 Å². The van der Waals surface area contributed by atoms with Crippen molar-refractivity contribution >= 4 is 0 Å². The van der Waals surface area contributed by atoms with E-state index in [1.165, 1.54) is 7.11 Å². The van der Waals surface area contributed by atoms with Crippen LogP contribution >= 0.6 is 0 Å². The second-order valence-electron chi connectivity index (χ2n) is 4.43. The Kier molecular flexibility index (Phi) is 6.81. The number of alkyl halides is 3. The van der Waals surface area contributed by atoms with Crippen LogP contribution in [-0.2, 0) is 17.9 Å². The van der Waals surface area contributed by atoms with Gasteiger partial charge in [-0.3, -0.25) is 0 Å². The quantitative estimate of drug-likeness (QED) is 0.746. The van der Waals surface area contributed by atoms with Gasteiger partial charge >= 0.3 is 6.18 Å². The molecule has 0 atom stereocenters. The summed E-state index contributed by atoms with van der Waals surface area (Å²) in [5.41, 5.74) is 1.61. The Morgan fingerprint density at radius 2 is 2.00 bits per heavy atom. The smallest absolute Gasteiger partial charge is 0.411 e. The van der Waals surface area contributed by atoms with Crippen molar-refractivity contribution in [1.29, 1.82) is 0 Å². The van der Waals surface area contributed by atoms with Gasteiger partial charge in [0, 0.05) is 12.1 Å². The predicted octanol–water partition coefficient (Wildman–Crippen LogP) is 3.27. The molecule has 0 aliphatic carbocycles. The zero-order valence-corrected chi connectivity index (χ0v) is 11.7. The van der Waals surface area contributed by atoms with Gasteiger partial charge < -0.3 is 14.8 Å². The summed E-state index contributed by atoms with van der Waals surface area (Å²) < 4.78 is 46.0. The van der Waals surface area contributed by atoms with Gasteiger partial charge in [0.25, 0.3) is 0 Å². The predicted molar refractivity (Wildman–Crippen MR) is 70.7 cm³/mol. The first-order chi connectivity index (χ1) is 9.46. The van der Waals surface area contributed by atoms with Crippen LogP contribution < -0.4 is 10.1 Å². The van der Waals surface area contributed by atoms with Crippen LogP contribution in [0.25, 0.3) is 0 Å². The van der Waals surface area contributed by atoms with Gasteiger partial charge in [-0.05, 0) is 30.7 Å². The first-order valence-corrected chi connectivity index (χ1v) is 6.47. The van der Waals surface area contributed by atoms with Crippen molar-refractivity contribution in [3.8, 4) is 5.75 Å². The molecule has 0 spiro atoms. The maximum absolute atomic E-state index is 12.1. The minimum absolute atomic E-state index is 0.121. The highest BCUT2D eigenvalue weighted by atomic mass is 19.4. The van der Waals surface area contributed by atoms with Gasteiger partial charge in [0.05, 0.1) is 13.7 Å². The van der Waals surface area contributed by atoms with Crippen molar-refractivity contribution in [2.75, 3.05) is 20.3 Å². The molecule has 0 aromatic heterocycles. The summed E-state index contributed by atoms with van der Waals surface area (Å²) in [6, 6.07) is 5.43. The van der Waals surface area contributed by atoms with Crippen LogP contribution in [0.3, 0.4) is 0 Å². The van der Waals surface area contributed by atoms with E-state index < -0.39 is 12.8 Å². The Morgan fingerprint density at radius 3 is 2.60 bits per heavy atom. The van der Waals surface area contributed by atoms with Crippen molar-refractivity contribution in [2.24, 2.45) is 0 Å². The highest BCUT2D eigenvalue weighted by molar-refractivity contribution is 5.36. The lowest BCUT2D eigenvalue weighted by atomic mass is 10.1. The number of hydrogen-bond donors (Lipinski definition) is 1. The van der Waals surface area contributed by atoms with Crippen LogP contribution in [0, 0.1) is 0 Å². The average molecular weight is 291 g/mol. The van der Waals surface area contributed by atoms with E-state index in [-0.39, 0.29) is 6.61 Å². The summed E-state index contributed by atoms with van der Waals surface area (Å²) in [4.78, 5) is 0. The molecule has 1 N–H and O–H groups in total. The summed E-state index contributed by atoms with van der Waals surface area (Å²) in [5.74, 6) is 0.534. The molecule has 6 heteroatoms. The van der Waals surface area contributed by atoms with Crippen molar-refractivity contribution in [2.45, 2.75) is 32.7 Å². The monoisotopic (exact) mass is 291 g/mol. The largest absolute Gasteiger partial charge is 0.496 e. The Balaban J connectivity index is 2.63. The van der Waals surface area contributed by atoms with E-state index in [0.717, 1.165) is 18.5 Å². The number of rotatable bonds is 8. The fraction of sp³-hybridized carbons (Fsp3) is 0.571. The normalized spacial score (nSPS) is 11.7. The van der Waals surface area contributed by atoms with Crippen molar-refractivity contribution < 1.29 is 22.6 Å². The standard InChI is InChI=1S/C14H20F3NO2/c1-3-6-18-8-11-4-5-13(19-2)12(7-11)9-20-10-14(15,16)17/h4-5,7,18H,3,6,8-10H2,1-2H3. The summed E-state index contributed by atoms with van der Waals surface area (Å²) in [5, 5.41) is 3.23. The van der Waals surface area contributed by atoms with Gasteiger partial charge in [0.1, 0.15) is 12.4 Å². The highest BCUT2D eigenvalue weighted by Gasteiger charge is 2.27.